The quantitative estimate of drug-likeness (QED) is 0.104. The van der Waals surface area contributed by atoms with E-state index in [4.69, 9.17) is 0 Å². The van der Waals surface area contributed by atoms with Crippen LogP contribution in [0.4, 0.5) is 91.7 Å². The molecule has 1 N–H and O–H groups in total. The van der Waals surface area contributed by atoms with Crippen LogP contribution in [-0.2, 0) is 9.53 Å². The van der Waals surface area contributed by atoms with E-state index in [0.717, 1.165) is 17.8 Å². The number of hydrogen-bond donors (Lipinski definition) is 1. The molecule has 2 rings (SSSR count). The van der Waals surface area contributed by atoms with E-state index in [1.54, 1.807) is 38.4 Å². The van der Waals surface area contributed by atoms with E-state index in [9.17, 15) is 84.2 Å². The second kappa shape index (κ2) is 15.1. The average Bonchev–Trinajstić information content (AvgIpc) is 3.06. The molecule has 1 atom stereocenters. The zero-order chi connectivity index (χ0) is 41.2. The molecule has 7 nitrogen and oxygen atoms in total. The van der Waals surface area contributed by atoms with Gasteiger partial charge in [-0.2, -0.15) is 84.9 Å². The molecule has 0 saturated heterocycles. The van der Waals surface area contributed by atoms with E-state index < -0.39 is 84.8 Å². The lowest BCUT2D eigenvalue weighted by molar-refractivity contribution is -0.461. The molecule has 0 aromatic heterocycles. The Morgan fingerprint density at radius 3 is 1.43 bits per heavy atom. The fourth-order valence-electron chi connectivity index (χ4n) is 4.11. The number of alkyl halides is 17. The highest BCUT2D eigenvalue weighted by atomic mass is 19.4. The Balaban J connectivity index is 2.22. The number of azo groups is 1. The summed E-state index contributed by atoms with van der Waals surface area (Å²) < 4.78 is 235. The molecule has 0 bridgehead atoms. The summed E-state index contributed by atoms with van der Waals surface area (Å²) in [5, 5.41) is 9.86. The monoisotopic (exact) mass is 800 g/mol. The summed E-state index contributed by atoms with van der Waals surface area (Å²) >= 11 is 0. The normalized spacial score (nSPS) is 14.6. The fourth-order valence-corrected chi connectivity index (χ4v) is 4.11. The molecular weight excluding hydrogens is 775 g/mol. The van der Waals surface area contributed by atoms with Gasteiger partial charge in [0.2, 0.25) is 0 Å². The van der Waals surface area contributed by atoms with Crippen molar-refractivity contribution in [1.82, 2.24) is 5.32 Å². The van der Waals surface area contributed by atoms with Crippen molar-refractivity contribution in [1.29, 1.82) is 0 Å². The van der Waals surface area contributed by atoms with Gasteiger partial charge in [0.05, 0.1) is 24.4 Å². The first-order valence-corrected chi connectivity index (χ1v) is 14.2. The number of halogens is 17. The van der Waals surface area contributed by atoms with Crippen molar-refractivity contribution in [3.8, 4) is 0 Å². The highest BCUT2D eigenvalue weighted by Gasteiger charge is 2.95. The van der Waals surface area contributed by atoms with E-state index in [0.29, 0.717) is 12.8 Å². The average molecular weight is 801 g/mol. The number of nitrogens with one attached hydrogen (secondary N) is 1. The maximum Gasteiger partial charge on any atom is 0.460 e. The van der Waals surface area contributed by atoms with Crippen molar-refractivity contribution in [3.05, 3.63) is 54.1 Å². The molecule has 0 aliphatic rings. The number of methoxy groups -OCH3 is 1. The van der Waals surface area contributed by atoms with Crippen molar-refractivity contribution in [2.75, 3.05) is 32.6 Å². The van der Waals surface area contributed by atoms with Crippen molar-refractivity contribution in [2.45, 2.75) is 60.5 Å². The third-order valence-corrected chi connectivity index (χ3v) is 7.41. The summed E-state index contributed by atoms with van der Waals surface area (Å²) in [5.74, 6) is -62.3. The van der Waals surface area contributed by atoms with Gasteiger partial charge < -0.3 is 15.0 Å². The van der Waals surface area contributed by atoms with Gasteiger partial charge in [-0.25, -0.2) is 0 Å². The number of nitrogens with zero attached hydrogens (tertiary/aromatic N) is 3. The molecule has 0 heterocycles. The molecule has 0 aliphatic carbocycles. The van der Waals surface area contributed by atoms with Gasteiger partial charge in [-0.05, 0) is 55.0 Å². The third kappa shape index (κ3) is 8.39. The number of carbonyl (C=O) groups is 2. The van der Waals surface area contributed by atoms with Crippen molar-refractivity contribution < 1.29 is 89.0 Å². The first-order chi connectivity index (χ1) is 23.8. The Morgan fingerprint density at radius 2 is 1.04 bits per heavy atom. The number of anilines is 1. The van der Waals surface area contributed by atoms with Crippen LogP contribution in [0.15, 0.2) is 58.8 Å². The van der Waals surface area contributed by atoms with Gasteiger partial charge in [0.25, 0.3) is 5.91 Å². The third-order valence-electron chi connectivity index (χ3n) is 7.41. The van der Waals surface area contributed by atoms with E-state index in [1.165, 1.54) is 12.1 Å². The van der Waals surface area contributed by atoms with Crippen LogP contribution in [0.1, 0.15) is 23.2 Å². The summed E-state index contributed by atoms with van der Waals surface area (Å²) in [7, 11) is 4.18. The predicted molar refractivity (Wildman–Crippen MR) is 149 cm³/mol. The topological polar surface area (TPSA) is 83.4 Å². The zero-order valence-electron chi connectivity index (χ0n) is 26.8. The predicted octanol–water partition coefficient (Wildman–Crippen LogP) is 9.48. The summed E-state index contributed by atoms with van der Waals surface area (Å²) in [5.41, 5.74) is 1.29. The Hall–Kier alpha value is -4.41. The molecule has 2 aromatic rings. The standard InChI is InChI=1S/C29H25F17N4O3/c1-50(2)19-10-8-18(9-11-19)49-48-17-6-4-15(5-7-17)20(51)47-14-16(21(52)53-3)12-13-22(30,31)23(32,33)24(34,35)25(36,37)26(38,39)27(40,41)28(42,43)29(44,45)46/h4-11,16H,12-14H2,1-3H3,(H,47,51)/b49-48+. The molecule has 53 heavy (non-hydrogen) atoms. The Bertz CT molecular complexity index is 1610. The van der Waals surface area contributed by atoms with Crippen molar-refractivity contribution in [2.24, 2.45) is 16.1 Å². The molecule has 2 aromatic carbocycles. The maximum absolute atomic E-state index is 14.4. The molecular formula is C29H25F17N4O3. The lowest BCUT2D eigenvalue weighted by Crippen LogP contribution is -2.74. The smallest absolute Gasteiger partial charge is 0.460 e. The highest BCUT2D eigenvalue weighted by molar-refractivity contribution is 5.94. The maximum atomic E-state index is 14.4. The Kier molecular flexibility index (Phi) is 12.8. The number of rotatable bonds is 16. The molecule has 0 radical (unpaired) electrons. The van der Waals surface area contributed by atoms with Gasteiger partial charge in [0.1, 0.15) is 0 Å². The van der Waals surface area contributed by atoms with Gasteiger partial charge >= 0.3 is 53.6 Å². The molecule has 0 spiro atoms. The first-order valence-electron chi connectivity index (χ1n) is 14.2. The molecule has 298 valence electrons. The van der Waals surface area contributed by atoms with Gasteiger partial charge in [-0.3, -0.25) is 9.59 Å². The van der Waals surface area contributed by atoms with E-state index >= 15 is 0 Å². The SMILES string of the molecule is COC(=O)C(CCC(F)(F)C(F)(F)C(F)(F)C(F)(F)C(F)(F)C(F)(F)C(F)(F)C(F)(F)F)CNC(=O)c1ccc(/N=N/c2ccc(N(C)C)cc2)cc1. The highest BCUT2D eigenvalue weighted by Crippen LogP contribution is 2.64. The van der Waals surface area contributed by atoms with Gasteiger partial charge in [0.15, 0.2) is 0 Å². The minimum absolute atomic E-state index is 0.201. The summed E-state index contributed by atoms with van der Waals surface area (Å²) in [6.45, 7) is -1.12. The minimum Gasteiger partial charge on any atom is -0.469 e. The van der Waals surface area contributed by atoms with Crippen LogP contribution in [0.2, 0.25) is 0 Å². The second-order valence-electron chi connectivity index (χ2n) is 11.3. The molecule has 1 amide bonds. The molecule has 0 aliphatic heterocycles. The number of hydrogen-bond acceptors (Lipinski definition) is 6. The van der Waals surface area contributed by atoms with E-state index in [1.807, 2.05) is 10.2 Å². The van der Waals surface area contributed by atoms with Crippen LogP contribution in [-0.4, -0.2) is 87.3 Å². The number of carbonyl (C=O) groups excluding carboxylic acids is 2. The Labute approximate surface area is 287 Å². The van der Waals surface area contributed by atoms with Crippen LogP contribution >= 0.6 is 0 Å². The summed E-state index contributed by atoms with van der Waals surface area (Å²) in [4.78, 5) is 26.4. The number of ether oxygens (including phenoxy) is 1. The zero-order valence-corrected chi connectivity index (χ0v) is 26.8. The second-order valence-corrected chi connectivity index (χ2v) is 11.3. The van der Waals surface area contributed by atoms with Crippen LogP contribution in [0.5, 0.6) is 0 Å². The lowest BCUT2D eigenvalue weighted by Gasteiger charge is -2.42. The number of amides is 1. The number of esters is 1. The van der Waals surface area contributed by atoms with Crippen molar-refractivity contribution >= 4 is 28.9 Å². The van der Waals surface area contributed by atoms with Crippen LogP contribution in [0.25, 0.3) is 0 Å². The first kappa shape index (κ1) is 44.7. The van der Waals surface area contributed by atoms with Gasteiger partial charge in [-0.15, -0.1) is 0 Å². The molecule has 1 unspecified atom stereocenters. The summed E-state index contributed by atoms with van der Waals surface area (Å²) in [6.07, 6.45) is -12.5. The summed E-state index contributed by atoms with van der Waals surface area (Å²) in [6, 6.07) is 11.5. The van der Waals surface area contributed by atoms with E-state index in [2.05, 4.69) is 15.0 Å². The van der Waals surface area contributed by atoms with Crippen LogP contribution in [0.3, 0.4) is 0 Å². The number of benzene rings is 2. The fraction of sp³-hybridized carbons (Fsp3) is 0.517. The van der Waals surface area contributed by atoms with Gasteiger partial charge in [0, 0.05) is 38.3 Å². The lowest BCUT2D eigenvalue weighted by atomic mass is 9.87. The largest absolute Gasteiger partial charge is 0.469 e. The molecule has 0 fully saturated rings. The van der Waals surface area contributed by atoms with Crippen LogP contribution < -0.4 is 10.2 Å². The Morgan fingerprint density at radius 1 is 0.642 bits per heavy atom. The molecule has 24 heteroatoms. The van der Waals surface area contributed by atoms with Crippen LogP contribution in [0, 0.1) is 5.92 Å². The van der Waals surface area contributed by atoms with Gasteiger partial charge in [-0.1, -0.05) is 0 Å². The molecule has 0 saturated carbocycles. The van der Waals surface area contributed by atoms with E-state index in [-0.39, 0.29) is 11.3 Å². The van der Waals surface area contributed by atoms with Crippen molar-refractivity contribution in [3.63, 3.8) is 0 Å². The minimum atomic E-state index is -8.75.